The van der Waals surface area contributed by atoms with Gasteiger partial charge in [0, 0.05) is 25.4 Å². The van der Waals surface area contributed by atoms with E-state index in [0.717, 1.165) is 12.1 Å². The molecule has 0 bridgehead atoms. The summed E-state index contributed by atoms with van der Waals surface area (Å²) in [7, 11) is 1.62. The molecule has 2 rings (SSSR count). The number of carbonyl (C=O) groups excluding carboxylic acids is 1. The van der Waals surface area contributed by atoms with Crippen LogP contribution in [0.1, 0.15) is 12.5 Å². The molecule has 1 aromatic rings. The number of carbonyl (C=O) groups is 1. The quantitative estimate of drug-likeness (QED) is 0.810. The summed E-state index contributed by atoms with van der Waals surface area (Å²) in [5, 5.41) is 2.86. The number of rotatable bonds is 3. The van der Waals surface area contributed by atoms with Crippen molar-refractivity contribution in [3.05, 3.63) is 29.8 Å². The number of nitrogens with one attached hydrogen (secondary N) is 1. The summed E-state index contributed by atoms with van der Waals surface area (Å²) in [4.78, 5) is 13.9. The van der Waals surface area contributed by atoms with Crippen molar-refractivity contribution < 1.29 is 9.53 Å². The number of benzene rings is 1. The Morgan fingerprint density at radius 1 is 1.53 bits per heavy atom. The summed E-state index contributed by atoms with van der Waals surface area (Å²) in [5.41, 5.74) is 2.26. The average molecular weight is 234 g/mol. The summed E-state index contributed by atoms with van der Waals surface area (Å²) in [6.45, 7) is 3.15. The van der Waals surface area contributed by atoms with Crippen LogP contribution in [0.25, 0.3) is 0 Å². The van der Waals surface area contributed by atoms with Gasteiger partial charge in [-0.3, -0.25) is 4.90 Å². The molecule has 1 heterocycles. The molecule has 0 radical (unpaired) electrons. The van der Waals surface area contributed by atoms with Gasteiger partial charge in [-0.1, -0.05) is 18.2 Å². The Morgan fingerprint density at radius 2 is 2.29 bits per heavy atom. The van der Waals surface area contributed by atoms with E-state index in [2.05, 4.69) is 18.3 Å². The molecule has 4 heteroatoms. The summed E-state index contributed by atoms with van der Waals surface area (Å²) < 4.78 is 4.92. The Labute approximate surface area is 102 Å². The molecule has 17 heavy (non-hydrogen) atoms. The third kappa shape index (κ3) is 2.42. The van der Waals surface area contributed by atoms with Crippen LogP contribution in [0.3, 0.4) is 0 Å². The third-order valence-corrected chi connectivity index (χ3v) is 3.01. The van der Waals surface area contributed by atoms with E-state index in [4.69, 9.17) is 4.74 Å². The van der Waals surface area contributed by atoms with E-state index in [9.17, 15) is 4.79 Å². The second-order valence-corrected chi connectivity index (χ2v) is 4.28. The first-order chi connectivity index (χ1) is 8.24. The molecule has 0 saturated carbocycles. The average Bonchev–Trinajstić information content (AvgIpc) is 2.65. The molecule has 0 unspecified atom stereocenters. The molecule has 1 aromatic carbocycles. The van der Waals surface area contributed by atoms with Crippen molar-refractivity contribution in [1.82, 2.24) is 5.32 Å². The SMILES string of the molecule is COCCNC(=O)N1c2ccccc2C[C@@H]1C. The van der Waals surface area contributed by atoms with Crippen LogP contribution < -0.4 is 10.2 Å². The number of fused-ring (bicyclic) bond motifs is 1. The van der Waals surface area contributed by atoms with Gasteiger partial charge in [0.2, 0.25) is 0 Å². The number of urea groups is 1. The molecule has 1 N–H and O–H groups in total. The molecule has 0 aliphatic carbocycles. The zero-order chi connectivity index (χ0) is 12.3. The van der Waals surface area contributed by atoms with E-state index in [1.165, 1.54) is 5.56 Å². The van der Waals surface area contributed by atoms with Crippen molar-refractivity contribution in [3.63, 3.8) is 0 Å². The molecule has 1 aliphatic rings. The fourth-order valence-corrected chi connectivity index (χ4v) is 2.22. The van der Waals surface area contributed by atoms with Gasteiger partial charge in [0.15, 0.2) is 0 Å². The zero-order valence-corrected chi connectivity index (χ0v) is 10.3. The van der Waals surface area contributed by atoms with Gasteiger partial charge in [0.25, 0.3) is 0 Å². The summed E-state index contributed by atoms with van der Waals surface area (Å²) >= 11 is 0. The minimum atomic E-state index is -0.0421. The van der Waals surface area contributed by atoms with Crippen LogP contribution >= 0.6 is 0 Å². The number of anilines is 1. The van der Waals surface area contributed by atoms with E-state index in [1.54, 1.807) is 7.11 Å². The summed E-state index contributed by atoms with van der Waals surface area (Å²) in [6.07, 6.45) is 0.924. The number of amides is 2. The minimum Gasteiger partial charge on any atom is -0.383 e. The largest absolute Gasteiger partial charge is 0.383 e. The van der Waals surface area contributed by atoms with E-state index in [0.29, 0.717) is 13.2 Å². The first-order valence-corrected chi connectivity index (χ1v) is 5.88. The molecule has 1 aliphatic heterocycles. The number of methoxy groups -OCH3 is 1. The van der Waals surface area contributed by atoms with Gasteiger partial charge in [-0.25, -0.2) is 4.79 Å². The van der Waals surface area contributed by atoms with E-state index < -0.39 is 0 Å². The van der Waals surface area contributed by atoms with Crippen molar-refractivity contribution in [3.8, 4) is 0 Å². The molecule has 0 aromatic heterocycles. The Hall–Kier alpha value is -1.55. The van der Waals surface area contributed by atoms with Crippen molar-refractivity contribution in [2.45, 2.75) is 19.4 Å². The molecule has 0 spiro atoms. The minimum absolute atomic E-state index is 0.0421. The van der Waals surface area contributed by atoms with Crippen molar-refractivity contribution in [1.29, 1.82) is 0 Å². The van der Waals surface area contributed by atoms with E-state index >= 15 is 0 Å². The second kappa shape index (κ2) is 5.19. The number of nitrogens with zero attached hydrogens (tertiary/aromatic N) is 1. The first-order valence-electron chi connectivity index (χ1n) is 5.88. The molecule has 2 amide bonds. The Kier molecular flexibility index (Phi) is 3.64. The van der Waals surface area contributed by atoms with Gasteiger partial charge in [0.1, 0.15) is 0 Å². The normalized spacial score (nSPS) is 18.0. The van der Waals surface area contributed by atoms with Gasteiger partial charge < -0.3 is 10.1 Å². The lowest BCUT2D eigenvalue weighted by molar-refractivity contribution is 0.197. The third-order valence-electron chi connectivity index (χ3n) is 3.01. The van der Waals surface area contributed by atoms with Gasteiger partial charge >= 0.3 is 6.03 Å². The predicted molar refractivity (Wildman–Crippen MR) is 67.4 cm³/mol. The number of hydrogen-bond donors (Lipinski definition) is 1. The molecule has 92 valence electrons. The van der Waals surface area contributed by atoms with Crippen molar-refractivity contribution >= 4 is 11.7 Å². The maximum absolute atomic E-state index is 12.1. The molecule has 4 nitrogen and oxygen atoms in total. The predicted octanol–water partition coefficient (Wildman–Crippen LogP) is 1.79. The molecule has 0 fully saturated rings. The standard InChI is InChI=1S/C13H18N2O2/c1-10-9-11-5-3-4-6-12(11)15(10)13(16)14-7-8-17-2/h3-6,10H,7-9H2,1-2H3,(H,14,16)/t10-/m0/s1. The van der Waals surface area contributed by atoms with Crippen LogP contribution in [0.5, 0.6) is 0 Å². The number of ether oxygens (including phenoxy) is 1. The fraction of sp³-hybridized carbons (Fsp3) is 0.462. The zero-order valence-electron chi connectivity index (χ0n) is 10.3. The lowest BCUT2D eigenvalue weighted by atomic mass is 10.1. The van der Waals surface area contributed by atoms with Crippen molar-refractivity contribution in [2.75, 3.05) is 25.2 Å². The van der Waals surface area contributed by atoms with Crippen LogP contribution in [0.4, 0.5) is 10.5 Å². The molecule has 0 saturated heterocycles. The smallest absolute Gasteiger partial charge is 0.322 e. The Morgan fingerprint density at radius 3 is 3.06 bits per heavy atom. The highest BCUT2D eigenvalue weighted by atomic mass is 16.5. The van der Waals surface area contributed by atoms with Crippen LogP contribution in [-0.2, 0) is 11.2 Å². The maximum Gasteiger partial charge on any atom is 0.322 e. The maximum atomic E-state index is 12.1. The van der Waals surface area contributed by atoms with Crippen molar-refractivity contribution in [2.24, 2.45) is 0 Å². The highest BCUT2D eigenvalue weighted by Gasteiger charge is 2.30. The van der Waals surface area contributed by atoms with Crippen LogP contribution in [-0.4, -0.2) is 32.3 Å². The topological polar surface area (TPSA) is 41.6 Å². The number of hydrogen-bond acceptors (Lipinski definition) is 2. The summed E-state index contributed by atoms with van der Waals surface area (Å²) in [6, 6.07) is 8.22. The van der Waals surface area contributed by atoms with E-state index in [1.807, 2.05) is 23.1 Å². The van der Waals surface area contributed by atoms with E-state index in [-0.39, 0.29) is 12.1 Å². The van der Waals surface area contributed by atoms with Gasteiger partial charge in [-0.2, -0.15) is 0 Å². The first kappa shape index (κ1) is 11.9. The molecular formula is C13H18N2O2. The lowest BCUT2D eigenvalue weighted by Gasteiger charge is -2.23. The summed E-state index contributed by atoms with van der Waals surface area (Å²) in [5.74, 6) is 0. The van der Waals surface area contributed by atoms with Crippen LogP contribution in [0, 0.1) is 0 Å². The van der Waals surface area contributed by atoms with Gasteiger partial charge in [0.05, 0.1) is 6.61 Å². The number of para-hydroxylation sites is 1. The lowest BCUT2D eigenvalue weighted by Crippen LogP contribution is -2.44. The monoisotopic (exact) mass is 234 g/mol. The van der Waals surface area contributed by atoms with Crippen LogP contribution in [0.2, 0.25) is 0 Å². The van der Waals surface area contributed by atoms with Crippen LogP contribution in [0.15, 0.2) is 24.3 Å². The second-order valence-electron chi connectivity index (χ2n) is 4.28. The highest BCUT2D eigenvalue weighted by molar-refractivity contribution is 5.94. The fourth-order valence-electron chi connectivity index (χ4n) is 2.22. The molecular weight excluding hydrogens is 216 g/mol. The van der Waals surface area contributed by atoms with Gasteiger partial charge in [-0.05, 0) is 25.0 Å². The molecule has 1 atom stereocenters. The Bertz CT molecular complexity index is 406. The van der Waals surface area contributed by atoms with Gasteiger partial charge in [-0.15, -0.1) is 0 Å². The highest BCUT2D eigenvalue weighted by Crippen LogP contribution is 2.31. The Balaban J connectivity index is 2.08.